The third kappa shape index (κ3) is 5.11. The Kier molecular flexibility index (Phi) is 5.85. The van der Waals surface area contributed by atoms with Crippen molar-refractivity contribution in [2.45, 2.75) is 44.6 Å². The van der Waals surface area contributed by atoms with Gasteiger partial charge >= 0.3 is 11.9 Å². The van der Waals surface area contributed by atoms with E-state index in [1.165, 1.54) is 6.42 Å². The van der Waals surface area contributed by atoms with Gasteiger partial charge in [-0.1, -0.05) is 6.42 Å². The fourth-order valence-electron chi connectivity index (χ4n) is 1.73. The Hall–Kier alpha value is -1.10. The number of ether oxygens (including phenoxy) is 2. The SMILES string of the molecule is NCCC(=O)OCC(=O)OC1CCCCC1. The maximum atomic E-state index is 11.3. The molecule has 0 heterocycles. The van der Waals surface area contributed by atoms with Crippen molar-refractivity contribution in [1.82, 2.24) is 0 Å². The first-order valence-corrected chi connectivity index (χ1v) is 5.77. The Morgan fingerprint density at radius 2 is 1.81 bits per heavy atom. The lowest BCUT2D eigenvalue weighted by Gasteiger charge is -2.21. The van der Waals surface area contributed by atoms with Gasteiger partial charge in [0, 0.05) is 6.54 Å². The summed E-state index contributed by atoms with van der Waals surface area (Å²) in [4.78, 5) is 22.2. The molecule has 1 aliphatic rings. The van der Waals surface area contributed by atoms with Crippen molar-refractivity contribution in [3.8, 4) is 0 Å². The van der Waals surface area contributed by atoms with Crippen molar-refractivity contribution in [2.24, 2.45) is 5.73 Å². The molecule has 0 saturated heterocycles. The Morgan fingerprint density at radius 3 is 2.44 bits per heavy atom. The highest BCUT2D eigenvalue weighted by Crippen LogP contribution is 2.20. The predicted molar refractivity (Wildman–Crippen MR) is 57.6 cm³/mol. The quantitative estimate of drug-likeness (QED) is 0.704. The molecule has 0 aromatic rings. The molecule has 0 aromatic heterocycles. The Labute approximate surface area is 95.3 Å². The van der Waals surface area contributed by atoms with E-state index in [9.17, 15) is 9.59 Å². The van der Waals surface area contributed by atoms with Gasteiger partial charge in [0.2, 0.25) is 0 Å². The van der Waals surface area contributed by atoms with E-state index >= 15 is 0 Å². The summed E-state index contributed by atoms with van der Waals surface area (Å²) in [5.41, 5.74) is 5.17. The highest BCUT2D eigenvalue weighted by molar-refractivity contribution is 5.76. The van der Waals surface area contributed by atoms with E-state index in [2.05, 4.69) is 0 Å². The normalized spacial score (nSPS) is 16.8. The topological polar surface area (TPSA) is 78.6 Å². The van der Waals surface area contributed by atoms with Gasteiger partial charge in [-0.05, 0) is 25.7 Å². The lowest BCUT2D eigenvalue weighted by molar-refractivity contribution is -0.163. The molecule has 0 aromatic carbocycles. The molecule has 5 nitrogen and oxygen atoms in total. The van der Waals surface area contributed by atoms with Crippen LogP contribution in [0.4, 0.5) is 0 Å². The van der Waals surface area contributed by atoms with Crippen molar-refractivity contribution >= 4 is 11.9 Å². The molecule has 0 radical (unpaired) electrons. The third-order valence-corrected chi connectivity index (χ3v) is 2.55. The van der Waals surface area contributed by atoms with Crippen LogP contribution in [0.5, 0.6) is 0 Å². The lowest BCUT2D eigenvalue weighted by Crippen LogP contribution is -2.25. The van der Waals surface area contributed by atoms with Gasteiger partial charge < -0.3 is 15.2 Å². The number of hydrogen-bond acceptors (Lipinski definition) is 5. The molecule has 5 heteroatoms. The molecular weight excluding hydrogens is 210 g/mol. The maximum absolute atomic E-state index is 11.3. The third-order valence-electron chi connectivity index (χ3n) is 2.55. The first kappa shape index (κ1) is 13.0. The minimum Gasteiger partial charge on any atom is -0.460 e. The Morgan fingerprint density at radius 1 is 1.12 bits per heavy atom. The second-order valence-electron chi connectivity index (χ2n) is 3.95. The van der Waals surface area contributed by atoms with Crippen LogP contribution in [0.15, 0.2) is 0 Å². The standard InChI is InChI=1S/C11H19NO4/c12-7-6-10(13)15-8-11(14)16-9-4-2-1-3-5-9/h9H,1-8,12H2. The van der Waals surface area contributed by atoms with Crippen LogP contribution >= 0.6 is 0 Å². The first-order chi connectivity index (χ1) is 7.72. The highest BCUT2D eigenvalue weighted by atomic mass is 16.6. The summed E-state index contributed by atoms with van der Waals surface area (Å²) in [6.07, 6.45) is 5.39. The van der Waals surface area contributed by atoms with Gasteiger partial charge in [0.15, 0.2) is 6.61 Å². The summed E-state index contributed by atoms with van der Waals surface area (Å²) in [6.45, 7) is -0.0637. The fourth-order valence-corrected chi connectivity index (χ4v) is 1.73. The van der Waals surface area contributed by atoms with Crippen LogP contribution in [0.1, 0.15) is 38.5 Å². The minimum atomic E-state index is -0.461. The van der Waals surface area contributed by atoms with Crippen LogP contribution in [-0.2, 0) is 19.1 Å². The molecule has 16 heavy (non-hydrogen) atoms. The van der Waals surface area contributed by atoms with E-state index in [0.29, 0.717) is 0 Å². The summed E-state index contributed by atoms with van der Waals surface area (Å²) in [7, 11) is 0. The van der Waals surface area contributed by atoms with E-state index in [1.54, 1.807) is 0 Å². The van der Waals surface area contributed by atoms with Crippen LogP contribution < -0.4 is 5.73 Å². The number of hydrogen-bond donors (Lipinski definition) is 1. The van der Waals surface area contributed by atoms with Gasteiger partial charge in [0.1, 0.15) is 6.10 Å². The van der Waals surface area contributed by atoms with Crippen LogP contribution in [0, 0.1) is 0 Å². The van der Waals surface area contributed by atoms with Gasteiger partial charge in [-0.3, -0.25) is 4.79 Å². The molecule has 0 amide bonds. The number of rotatable bonds is 5. The molecule has 1 saturated carbocycles. The van der Waals surface area contributed by atoms with Crippen molar-refractivity contribution in [3.05, 3.63) is 0 Å². The molecule has 2 N–H and O–H groups in total. The zero-order valence-corrected chi connectivity index (χ0v) is 9.44. The predicted octanol–water partition coefficient (Wildman–Crippen LogP) is 0.754. The largest absolute Gasteiger partial charge is 0.460 e. The second-order valence-corrected chi connectivity index (χ2v) is 3.95. The number of esters is 2. The summed E-state index contributed by atoms with van der Waals surface area (Å²) in [5, 5.41) is 0. The van der Waals surface area contributed by atoms with Gasteiger partial charge in [0.25, 0.3) is 0 Å². The van der Waals surface area contributed by atoms with Crippen LogP contribution in [-0.4, -0.2) is 31.2 Å². The second kappa shape index (κ2) is 7.22. The lowest BCUT2D eigenvalue weighted by atomic mass is 9.98. The molecule has 0 spiro atoms. The van der Waals surface area contributed by atoms with Crippen LogP contribution in [0.3, 0.4) is 0 Å². The fraction of sp³-hybridized carbons (Fsp3) is 0.818. The number of carbonyl (C=O) groups is 2. The average molecular weight is 229 g/mol. The highest BCUT2D eigenvalue weighted by Gasteiger charge is 2.18. The van der Waals surface area contributed by atoms with Crippen LogP contribution in [0.2, 0.25) is 0 Å². The van der Waals surface area contributed by atoms with Gasteiger partial charge in [-0.15, -0.1) is 0 Å². The average Bonchev–Trinajstić information content (AvgIpc) is 2.28. The smallest absolute Gasteiger partial charge is 0.344 e. The monoisotopic (exact) mass is 229 g/mol. The molecule has 1 aliphatic carbocycles. The summed E-state index contributed by atoms with van der Waals surface area (Å²) in [6, 6.07) is 0. The van der Waals surface area contributed by atoms with Crippen molar-refractivity contribution in [3.63, 3.8) is 0 Å². The zero-order chi connectivity index (χ0) is 11.8. The maximum Gasteiger partial charge on any atom is 0.344 e. The van der Waals surface area contributed by atoms with E-state index in [4.69, 9.17) is 15.2 Å². The van der Waals surface area contributed by atoms with Gasteiger partial charge in [-0.2, -0.15) is 0 Å². The van der Waals surface area contributed by atoms with Crippen molar-refractivity contribution in [2.75, 3.05) is 13.2 Å². The molecule has 92 valence electrons. The Balaban J connectivity index is 2.12. The summed E-state index contributed by atoms with van der Waals surface area (Å²) in [5.74, 6) is -0.916. The van der Waals surface area contributed by atoms with Crippen molar-refractivity contribution in [1.29, 1.82) is 0 Å². The van der Waals surface area contributed by atoms with E-state index in [0.717, 1.165) is 25.7 Å². The molecule has 1 fully saturated rings. The first-order valence-electron chi connectivity index (χ1n) is 5.77. The summed E-state index contributed by atoms with van der Waals surface area (Å²) >= 11 is 0. The van der Waals surface area contributed by atoms with Gasteiger partial charge in [0.05, 0.1) is 6.42 Å². The molecular formula is C11H19NO4. The molecule has 0 unspecified atom stereocenters. The molecule has 0 aliphatic heterocycles. The van der Waals surface area contributed by atoms with Gasteiger partial charge in [-0.25, -0.2) is 4.79 Å². The zero-order valence-electron chi connectivity index (χ0n) is 9.44. The van der Waals surface area contributed by atoms with Crippen molar-refractivity contribution < 1.29 is 19.1 Å². The Bertz CT molecular complexity index is 236. The minimum absolute atomic E-state index is 0.00876. The van der Waals surface area contributed by atoms with E-state index < -0.39 is 11.9 Å². The number of carbonyl (C=O) groups excluding carboxylic acids is 2. The number of nitrogens with two attached hydrogens (primary N) is 1. The van der Waals surface area contributed by atoms with E-state index in [1.807, 2.05) is 0 Å². The van der Waals surface area contributed by atoms with Crippen LogP contribution in [0.25, 0.3) is 0 Å². The molecule has 0 bridgehead atoms. The molecule has 0 atom stereocenters. The molecule has 1 rings (SSSR count). The van der Waals surface area contributed by atoms with E-state index in [-0.39, 0.29) is 25.7 Å². The summed E-state index contributed by atoms with van der Waals surface area (Å²) < 4.78 is 9.86.